The first kappa shape index (κ1) is 18.0. The molecule has 7 heteroatoms. The fraction of sp³-hybridized carbons (Fsp3) is 0.421. The quantitative estimate of drug-likeness (QED) is 0.828. The van der Waals surface area contributed by atoms with E-state index in [2.05, 4.69) is 20.5 Å². The summed E-state index contributed by atoms with van der Waals surface area (Å²) in [6.45, 7) is 4.12. The van der Waals surface area contributed by atoms with Crippen LogP contribution < -0.4 is 15.5 Å². The molecule has 2 aromatic rings. The molecule has 0 aromatic carbocycles. The summed E-state index contributed by atoms with van der Waals surface area (Å²) < 4.78 is 4.86. The van der Waals surface area contributed by atoms with Gasteiger partial charge in [-0.2, -0.15) is 0 Å². The first-order chi connectivity index (χ1) is 12.6. The number of pyridine rings is 1. The number of amides is 2. The van der Waals surface area contributed by atoms with Crippen LogP contribution in [0.25, 0.3) is 0 Å². The van der Waals surface area contributed by atoms with E-state index in [0.717, 1.165) is 24.5 Å². The Kier molecular flexibility index (Phi) is 5.88. The van der Waals surface area contributed by atoms with Crippen LogP contribution in [0, 0.1) is 0 Å². The Balaban J connectivity index is 1.47. The monoisotopic (exact) mass is 356 g/mol. The molecular formula is C19H24N4O3. The van der Waals surface area contributed by atoms with E-state index in [0.29, 0.717) is 12.1 Å². The summed E-state index contributed by atoms with van der Waals surface area (Å²) in [5, 5.41) is 5.45. The van der Waals surface area contributed by atoms with Gasteiger partial charge in [-0.05, 0) is 43.9 Å². The maximum absolute atomic E-state index is 12.2. The first-order valence-electron chi connectivity index (χ1n) is 8.94. The van der Waals surface area contributed by atoms with Crippen molar-refractivity contribution in [2.45, 2.75) is 38.8 Å². The Hall–Kier alpha value is -2.83. The number of carbonyl (C=O) groups is 2. The third-order valence-electron chi connectivity index (χ3n) is 4.48. The van der Waals surface area contributed by atoms with Crippen LogP contribution in [0.15, 0.2) is 41.3 Å². The van der Waals surface area contributed by atoms with Crippen LogP contribution >= 0.6 is 0 Å². The van der Waals surface area contributed by atoms with E-state index in [1.54, 1.807) is 19.2 Å². The Bertz CT molecular complexity index is 722. The SMILES string of the molecule is C[C@@H](NC(=O)c1ccoc1)C(=O)NCc1ccc(N2CCCCC2)nc1. The highest BCUT2D eigenvalue weighted by Crippen LogP contribution is 2.17. The molecule has 138 valence electrons. The Labute approximate surface area is 152 Å². The zero-order valence-corrected chi connectivity index (χ0v) is 14.9. The van der Waals surface area contributed by atoms with Crippen LogP contribution in [0.5, 0.6) is 0 Å². The smallest absolute Gasteiger partial charge is 0.255 e. The van der Waals surface area contributed by atoms with E-state index in [-0.39, 0.29) is 11.8 Å². The highest BCUT2D eigenvalue weighted by Gasteiger charge is 2.17. The summed E-state index contributed by atoms with van der Waals surface area (Å²) in [6.07, 6.45) is 8.26. The molecule has 2 amide bonds. The molecule has 1 saturated heterocycles. The lowest BCUT2D eigenvalue weighted by Crippen LogP contribution is -2.44. The number of aromatic nitrogens is 1. The molecule has 0 aliphatic carbocycles. The number of piperidine rings is 1. The zero-order valence-electron chi connectivity index (χ0n) is 14.9. The molecule has 0 unspecified atom stereocenters. The van der Waals surface area contributed by atoms with E-state index in [4.69, 9.17) is 4.42 Å². The number of rotatable bonds is 6. The molecule has 3 rings (SSSR count). The van der Waals surface area contributed by atoms with Crippen LogP contribution in [-0.4, -0.2) is 35.9 Å². The minimum absolute atomic E-state index is 0.248. The molecule has 7 nitrogen and oxygen atoms in total. The molecule has 0 radical (unpaired) electrons. The van der Waals surface area contributed by atoms with Crippen molar-refractivity contribution in [3.05, 3.63) is 48.0 Å². The second-order valence-corrected chi connectivity index (χ2v) is 6.50. The van der Waals surface area contributed by atoms with Crippen LogP contribution in [0.2, 0.25) is 0 Å². The fourth-order valence-corrected chi connectivity index (χ4v) is 2.91. The topological polar surface area (TPSA) is 87.5 Å². The van der Waals surface area contributed by atoms with Gasteiger partial charge in [0.15, 0.2) is 0 Å². The van der Waals surface area contributed by atoms with Crippen molar-refractivity contribution in [3.8, 4) is 0 Å². The van der Waals surface area contributed by atoms with Gasteiger partial charge in [0.05, 0.1) is 11.8 Å². The molecule has 3 heterocycles. The lowest BCUT2D eigenvalue weighted by molar-refractivity contribution is -0.122. The zero-order chi connectivity index (χ0) is 18.4. The average Bonchev–Trinajstić information content (AvgIpc) is 3.22. The van der Waals surface area contributed by atoms with Crippen molar-refractivity contribution in [1.82, 2.24) is 15.6 Å². The van der Waals surface area contributed by atoms with Crippen LogP contribution in [0.3, 0.4) is 0 Å². The number of anilines is 1. The summed E-state index contributed by atoms with van der Waals surface area (Å²) in [4.78, 5) is 30.9. The molecule has 0 bridgehead atoms. The molecule has 26 heavy (non-hydrogen) atoms. The Morgan fingerprint density at radius 2 is 2.04 bits per heavy atom. The number of furan rings is 1. The minimum atomic E-state index is -0.641. The van der Waals surface area contributed by atoms with E-state index < -0.39 is 6.04 Å². The second-order valence-electron chi connectivity index (χ2n) is 6.50. The lowest BCUT2D eigenvalue weighted by Gasteiger charge is -2.27. The van der Waals surface area contributed by atoms with E-state index in [1.807, 2.05) is 12.1 Å². The minimum Gasteiger partial charge on any atom is -0.472 e. The van der Waals surface area contributed by atoms with Crippen LogP contribution in [0.1, 0.15) is 42.1 Å². The van der Waals surface area contributed by atoms with Gasteiger partial charge >= 0.3 is 0 Å². The molecule has 2 N–H and O–H groups in total. The molecule has 1 fully saturated rings. The molecule has 1 atom stereocenters. The van der Waals surface area contributed by atoms with Crippen molar-refractivity contribution in [2.75, 3.05) is 18.0 Å². The van der Waals surface area contributed by atoms with Gasteiger partial charge in [0.2, 0.25) is 5.91 Å². The number of hydrogen-bond acceptors (Lipinski definition) is 5. The van der Waals surface area contributed by atoms with Gasteiger partial charge in [-0.15, -0.1) is 0 Å². The fourth-order valence-electron chi connectivity index (χ4n) is 2.91. The van der Waals surface area contributed by atoms with Crippen molar-refractivity contribution in [1.29, 1.82) is 0 Å². The maximum atomic E-state index is 12.2. The third-order valence-corrected chi connectivity index (χ3v) is 4.48. The molecule has 1 aliphatic heterocycles. The van der Waals surface area contributed by atoms with Gasteiger partial charge in [0.25, 0.3) is 5.91 Å². The Morgan fingerprint density at radius 1 is 1.23 bits per heavy atom. The first-order valence-corrected chi connectivity index (χ1v) is 8.94. The van der Waals surface area contributed by atoms with Crippen molar-refractivity contribution >= 4 is 17.6 Å². The number of hydrogen-bond donors (Lipinski definition) is 2. The van der Waals surface area contributed by atoms with Crippen molar-refractivity contribution in [3.63, 3.8) is 0 Å². The third kappa shape index (κ3) is 4.62. The normalized spacial score (nSPS) is 15.3. The second kappa shape index (κ2) is 8.51. The molecule has 0 spiro atoms. The van der Waals surface area contributed by atoms with Crippen molar-refractivity contribution < 1.29 is 14.0 Å². The van der Waals surface area contributed by atoms with Gasteiger partial charge in [0.1, 0.15) is 18.1 Å². The molecule has 2 aromatic heterocycles. The number of carbonyl (C=O) groups excluding carboxylic acids is 2. The van der Waals surface area contributed by atoms with Gasteiger partial charge in [-0.25, -0.2) is 4.98 Å². The Morgan fingerprint density at radius 3 is 2.69 bits per heavy atom. The van der Waals surface area contributed by atoms with Gasteiger partial charge in [0, 0.05) is 25.8 Å². The van der Waals surface area contributed by atoms with E-state index in [1.165, 1.54) is 31.8 Å². The number of nitrogens with one attached hydrogen (secondary N) is 2. The maximum Gasteiger partial charge on any atom is 0.255 e. The summed E-state index contributed by atoms with van der Waals surface area (Å²) in [5.74, 6) is 0.399. The summed E-state index contributed by atoms with van der Waals surface area (Å²) in [5.41, 5.74) is 1.31. The van der Waals surface area contributed by atoms with Crippen LogP contribution in [-0.2, 0) is 11.3 Å². The van der Waals surface area contributed by atoms with Gasteiger partial charge in [-0.3, -0.25) is 9.59 Å². The number of nitrogens with zero attached hydrogens (tertiary/aromatic N) is 2. The lowest BCUT2D eigenvalue weighted by atomic mass is 10.1. The summed E-state index contributed by atoms with van der Waals surface area (Å²) >= 11 is 0. The predicted molar refractivity (Wildman–Crippen MR) is 97.8 cm³/mol. The van der Waals surface area contributed by atoms with Gasteiger partial charge < -0.3 is 20.0 Å². The summed E-state index contributed by atoms with van der Waals surface area (Å²) in [6, 6.07) is 4.89. The van der Waals surface area contributed by atoms with E-state index >= 15 is 0 Å². The van der Waals surface area contributed by atoms with E-state index in [9.17, 15) is 9.59 Å². The van der Waals surface area contributed by atoms with Gasteiger partial charge in [-0.1, -0.05) is 6.07 Å². The average molecular weight is 356 g/mol. The molecular weight excluding hydrogens is 332 g/mol. The molecule has 1 aliphatic rings. The van der Waals surface area contributed by atoms with Crippen molar-refractivity contribution in [2.24, 2.45) is 0 Å². The highest BCUT2D eigenvalue weighted by atomic mass is 16.3. The highest BCUT2D eigenvalue weighted by molar-refractivity contribution is 5.97. The standard InChI is InChI=1S/C19H24N4O3/c1-14(22-19(25)16-7-10-26-13-16)18(24)21-12-15-5-6-17(20-11-15)23-8-3-2-4-9-23/h5-7,10-11,13-14H,2-4,8-9,12H2,1H3,(H,21,24)(H,22,25)/t14-/m1/s1. The van der Waals surface area contributed by atoms with Crippen LogP contribution in [0.4, 0.5) is 5.82 Å². The summed E-state index contributed by atoms with van der Waals surface area (Å²) in [7, 11) is 0. The largest absolute Gasteiger partial charge is 0.472 e. The predicted octanol–water partition coefficient (Wildman–Crippen LogP) is 2.10. The molecule has 0 saturated carbocycles.